The van der Waals surface area contributed by atoms with Crippen molar-refractivity contribution >= 4 is 11.9 Å². The molecule has 0 unspecified atom stereocenters. The molecule has 0 aliphatic heterocycles. The van der Waals surface area contributed by atoms with Gasteiger partial charge >= 0.3 is 5.97 Å². The van der Waals surface area contributed by atoms with E-state index in [0.717, 1.165) is 0 Å². The minimum atomic E-state index is -0.632. The van der Waals surface area contributed by atoms with Crippen molar-refractivity contribution in [3.8, 4) is 11.8 Å². The van der Waals surface area contributed by atoms with Crippen LogP contribution in [0.4, 0.5) is 0 Å². The van der Waals surface area contributed by atoms with Crippen LogP contribution in [0.3, 0.4) is 0 Å². The first kappa shape index (κ1) is 14.5. The molecule has 0 radical (unpaired) electrons. The van der Waals surface area contributed by atoms with Gasteiger partial charge in [-0.15, -0.1) is 0 Å². The molecule has 0 rings (SSSR count). The Bertz CT molecular complexity index is 330. The summed E-state index contributed by atoms with van der Waals surface area (Å²) in [4.78, 5) is 24.3. The molecule has 1 amide bonds. The van der Waals surface area contributed by atoms with Crippen LogP contribution in [0.1, 0.15) is 34.6 Å². The van der Waals surface area contributed by atoms with Crippen LogP contribution in [0.15, 0.2) is 0 Å². The smallest absolute Gasteiger partial charge is 0.329 e. The number of rotatable bonds is 2. The number of carbonyl (C=O) groups is 2. The molecular formula is C12H19NO3. The number of hydrogen-bond acceptors (Lipinski definition) is 3. The van der Waals surface area contributed by atoms with Gasteiger partial charge < -0.3 is 9.64 Å². The third-order valence-corrected chi connectivity index (χ3v) is 1.88. The summed E-state index contributed by atoms with van der Waals surface area (Å²) in [6.07, 6.45) is 0. The van der Waals surface area contributed by atoms with Gasteiger partial charge in [0, 0.05) is 7.05 Å². The molecule has 0 saturated heterocycles. The summed E-state index contributed by atoms with van der Waals surface area (Å²) < 4.78 is 5.17. The maximum Gasteiger partial charge on any atom is 0.329 e. The summed E-state index contributed by atoms with van der Waals surface area (Å²) in [5.74, 6) is 4.05. The molecule has 0 bridgehead atoms. The van der Waals surface area contributed by atoms with Crippen molar-refractivity contribution in [1.82, 2.24) is 4.90 Å². The summed E-state index contributed by atoms with van der Waals surface area (Å²) in [5.41, 5.74) is -0.550. The van der Waals surface area contributed by atoms with E-state index in [0.29, 0.717) is 0 Å². The maximum absolute atomic E-state index is 11.6. The van der Waals surface area contributed by atoms with E-state index in [1.807, 2.05) is 0 Å². The molecule has 1 atom stereocenters. The highest BCUT2D eigenvalue weighted by molar-refractivity contribution is 5.95. The van der Waals surface area contributed by atoms with Crippen LogP contribution in [-0.2, 0) is 14.3 Å². The van der Waals surface area contributed by atoms with Gasteiger partial charge in [0.05, 0.1) is 0 Å². The number of carbonyl (C=O) groups excluding carboxylic acids is 2. The fourth-order valence-electron chi connectivity index (χ4n) is 0.916. The SMILES string of the molecule is CC#CC(=O)N(C)[C@@H](C)C(=O)OC(C)(C)C. The van der Waals surface area contributed by atoms with E-state index >= 15 is 0 Å². The number of ether oxygens (including phenoxy) is 1. The Labute approximate surface area is 96.9 Å². The number of amides is 1. The third-order valence-electron chi connectivity index (χ3n) is 1.88. The lowest BCUT2D eigenvalue weighted by Crippen LogP contribution is -2.43. The average molecular weight is 225 g/mol. The largest absolute Gasteiger partial charge is 0.458 e. The third kappa shape index (κ3) is 4.83. The van der Waals surface area contributed by atoms with Crippen LogP contribution in [0.2, 0.25) is 0 Å². The Morgan fingerprint density at radius 3 is 2.19 bits per heavy atom. The van der Waals surface area contributed by atoms with Crippen molar-refractivity contribution in [3.05, 3.63) is 0 Å². The fourth-order valence-corrected chi connectivity index (χ4v) is 0.916. The van der Waals surface area contributed by atoms with E-state index < -0.39 is 17.6 Å². The molecule has 16 heavy (non-hydrogen) atoms. The molecule has 0 saturated carbocycles. The second kappa shape index (κ2) is 5.55. The normalized spacial score (nSPS) is 12.1. The minimum absolute atomic E-state index is 0.388. The first-order valence-electron chi connectivity index (χ1n) is 5.11. The number of likely N-dealkylation sites (N-methyl/N-ethyl adjacent to an activating group) is 1. The van der Waals surface area contributed by atoms with Crippen LogP contribution in [-0.4, -0.2) is 35.5 Å². The van der Waals surface area contributed by atoms with Gasteiger partial charge in [0.15, 0.2) is 0 Å². The fraction of sp³-hybridized carbons (Fsp3) is 0.667. The van der Waals surface area contributed by atoms with Gasteiger partial charge in [-0.25, -0.2) is 4.79 Å². The quantitative estimate of drug-likeness (QED) is 0.524. The molecule has 0 aromatic carbocycles. The Morgan fingerprint density at radius 2 is 1.81 bits per heavy atom. The van der Waals surface area contributed by atoms with Crippen LogP contribution in [0.25, 0.3) is 0 Å². The Balaban J connectivity index is 4.54. The Kier molecular flexibility index (Phi) is 5.03. The Hall–Kier alpha value is -1.50. The van der Waals surface area contributed by atoms with Crippen LogP contribution in [0, 0.1) is 11.8 Å². The van der Waals surface area contributed by atoms with Gasteiger partial charge in [0.25, 0.3) is 5.91 Å². The molecule has 0 aromatic rings. The molecule has 0 spiro atoms. The molecule has 90 valence electrons. The van der Waals surface area contributed by atoms with E-state index in [9.17, 15) is 9.59 Å². The second-order valence-electron chi connectivity index (χ2n) is 4.50. The van der Waals surface area contributed by atoms with E-state index in [4.69, 9.17) is 4.74 Å². The maximum atomic E-state index is 11.6. The van der Waals surface area contributed by atoms with Crippen LogP contribution < -0.4 is 0 Å². The van der Waals surface area contributed by atoms with Crippen LogP contribution in [0.5, 0.6) is 0 Å². The van der Waals surface area contributed by atoms with Gasteiger partial charge in [-0.05, 0) is 40.5 Å². The van der Waals surface area contributed by atoms with Gasteiger partial charge in [0.1, 0.15) is 11.6 Å². The zero-order chi connectivity index (χ0) is 12.9. The van der Waals surface area contributed by atoms with Crippen molar-refractivity contribution in [3.63, 3.8) is 0 Å². The lowest BCUT2D eigenvalue weighted by atomic mass is 10.2. The highest BCUT2D eigenvalue weighted by Crippen LogP contribution is 2.10. The molecule has 4 heteroatoms. The molecule has 0 aromatic heterocycles. The van der Waals surface area contributed by atoms with Gasteiger partial charge in [0.2, 0.25) is 0 Å². The molecular weight excluding hydrogens is 206 g/mol. The molecule has 0 aliphatic rings. The lowest BCUT2D eigenvalue weighted by molar-refractivity contribution is -0.162. The minimum Gasteiger partial charge on any atom is -0.458 e. The summed E-state index contributed by atoms with van der Waals surface area (Å²) in [6.45, 7) is 8.54. The topological polar surface area (TPSA) is 46.6 Å². The van der Waals surface area contributed by atoms with Gasteiger partial charge in [-0.1, -0.05) is 5.92 Å². The number of esters is 1. The van der Waals surface area contributed by atoms with Crippen molar-refractivity contribution in [2.75, 3.05) is 7.05 Å². The molecule has 0 aliphatic carbocycles. The summed E-state index contributed by atoms with van der Waals surface area (Å²) >= 11 is 0. The first-order valence-corrected chi connectivity index (χ1v) is 5.11. The van der Waals surface area contributed by atoms with Gasteiger partial charge in [-0.3, -0.25) is 4.79 Å². The second-order valence-corrected chi connectivity index (χ2v) is 4.50. The van der Waals surface area contributed by atoms with E-state index in [1.54, 1.807) is 34.6 Å². The van der Waals surface area contributed by atoms with Crippen molar-refractivity contribution in [2.45, 2.75) is 46.3 Å². The average Bonchev–Trinajstić information content (AvgIpc) is 2.13. The van der Waals surface area contributed by atoms with Gasteiger partial charge in [-0.2, -0.15) is 0 Å². The number of hydrogen-bond donors (Lipinski definition) is 0. The first-order chi connectivity index (χ1) is 7.19. The van der Waals surface area contributed by atoms with E-state index in [2.05, 4.69) is 11.8 Å². The molecule has 0 N–H and O–H groups in total. The zero-order valence-electron chi connectivity index (χ0n) is 10.7. The standard InChI is InChI=1S/C12H19NO3/c1-7-8-10(14)13(6)9(2)11(15)16-12(3,4)5/h9H,1-6H3/t9-/m0/s1. The predicted octanol–water partition coefficient (Wildman–Crippen LogP) is 1.20. The molecule has 0 fully saturated rings. The van der Waals surface area contributed by atoms with E-state index in [1.165, 1.54) is 11.9 Å². The van der Waals surface area contributed by atoms with Crippen molar-refractivity contribution in [2.24, 2.45) is 0 Å². The highest BCUT2D eigenvalue weighted by atomic mass is 16.6. The van der Waals surface area contributed by atoms with Crippen LogP contribution >= 0.6 is 0 Å². The van der Waals surface area contributed by atoms with Crippen molar-refractivity contribution < 1.29 is 14.3 Å². The van der Waals surface area contributed by atoms with E-state index in [-0.39, 0.29) is 5.91 Å². The summed E-state index contributed by atoms with van der Waals surface area (Å²) in [6, 6.07) is -0.632. The van der Waals surface area contributed by atoms with Crippen molar-refractivity contribution in [1.29, 1.82) is 0 Å². The monoisotopic (exact) mass is 225 g/mol. The summed E-state index contributed by atoms with van der Waals surface area (Å²) in [7, 11) is 1.53. The predicted molar refractivity (Wildman–Crippen MR) is 61.5 cm³/mol. The lowest BCUT2D eigenvalue weighted by Gasteiger charge is -2.26. The highest BCUT2D eigenvalue weighted by Gasteiger charge is 2.26. The summed E-state index contributed by atoms with van der Waals surface area (Å²) in [5, 5.41) is 0. The zero-order valence-corrected chi connectivity index (χ0v) is 10.7. The Morgan fingerprint density at radius 1 is 1.31 bits per heavy atom. The molecule has 4 nitrogen and oxygen atoms in total. The molecule has 0 heterocycles. The number of nitrogens with zero attached hydrogens (tertiary/aromatic N) is 1.